The second-order valence-electron chi connectivity index (χ2n) is 4.12. The van der Waals surface area contributed by atoms with Crippen LogP contribution >= 0.6 is 0 Å². The molecule has 1 aromatic carbocycles. The summed E-state index contributed by atoms with van der Waals surface area (Å²) in [6, 6.07) is 5.08. The Labute approximate surface area is 102 Å². The molecule has 0 aliphatic rings. The summed E-state index contributed by atoms with van der Waals surface area (Å²) in [5.41, 5.74) is 7.32. The summed E-state index contributed by atoms with van der Waals surface area (Å²) in [4.78, 5) is 2.03. The van der Waals surface area contributed by atoms with Gasteiger partial charge < -0.3 is 15.4 Å². The molecule has 0 atom stereocenters. The molecule has 0 aromatic heterocycles. The molecular formula is C13H21FN2O. The maximum Gasteiger partial charge on any atom is 0.125 e. The Morgan fingerprint density at radius 3 is 2.76 bits per heavy atom. The van der Waals surface area contributed by atoms with E-state index >= 15 is 0 Å². The average Bonchev–Trinajstić information content (AvgIpc) is 2.29. The van der Waals surface area contributed by atoms with E-state index in [-0.39, 0.29) is 5.82 Å². The first-order chi connectivity index (χ1) is 8.17. The third kappa shape index (κ3) is 4.71. The Balaban J connectivity index is 2.67. The first kappa shape index (κ1) is 13.9. The minimum Gasteiger partial charge on any atom is -0.385 e. The van der Waals surface area contributed by atoms with Gasteiger partial charge in [-0.15, -0.1) is 0 Å². The number of hydrogen-bond acceptors (Lipinski definition) is 3. The van der Waals surface area contributed by atoms with Gasteiger partial charge in [-0.05, 0) is 43.1 Å². The van der Waals surface area contributed by atoms with Gasteiger partial charge in [-0.2, -0.15) is 0 Å². The standard InChI is InChI=1S/C13H21FN2O/c1-16(6-3-7-17-2)13-9-11(4-5-15)8-12(14)10-13/h8-10H,3-7,15H2,1-2H3. The van der Waals surface area contributed by atoms with Crippen molar-refractivity contribution in [2.45, 2.75) is 12.8 Å². The van der Waals surface area contributed by atoms with E-state index in [4.69, 9.17) is 10.5 Å². The highest BCUT2D eigenvalue weighted by Crippen LogP contribution is 2.18. The van der Waals surface area contributed by atoms with Crippen molar-refractivity contribution in [1.82, 2.24) is 0 Å². The van der Waals surface area contributed by atoms with Gasteiger partial charge in [0.05, 0.1) is 0 Å². The quantitative estimate of drug-likeness (QED) is 0.739. The molecule has 17 heavy (non-hydrogen) atoms. The lowest BCUT2D eigenvalue weighted by Crippen LogP contribution is -2.20. The highest BCUT2D eigenvalue weighted by atomic mass is 19.1. The molecule has 1 rings (SSSR count). The van der Waals surface area contributed by atoms with Crippen molar-refractivity contribution in [3.8, 4) is 0 Å². The van der Waals surface area contributed by atoms with Gasteiger partial charge in [-0.3, -0.25) is 0 Å². The first-order valence-corrected chi connectivity index (χ1v) is 5.87. The molecule has 1 aromatic rings. The monoisotopic (exact) mass is 240 g/mol. The molecule has 0 saturated carbocycles. The number of nitrogens with zero attached hydrogens (tertiary/aromatic N) is 1. The van der Waals surface area contributed by atoms with Crippen LogP contribution in [0.5, 0.6) is 0 Å². The third-order valence-electron chi connectivity index (χ3n) is 2.66. The van der Waals surface area contributed by atoms with Gasteiger partial charge in [0.15, 0.2) is 0 Å². The highest BCUT2D eigenvalue weighted by molar-refractivity contribution is 5.48. The van der Waals surface area contributed by atoms with Crippen molar-refractivity contribution in [1.29, 1.82) is 0 Å². The van der Waals surface area contributed by atoms with Gasteiger partial charge in [-0.1, -0.05) is 0 Å². The highest BCUT2D eigenvalue weighted by Gasteiger charge is 2.05. The summed E-state index contributed by atoms with van der Waals surface area (Å²) in [5, 5.41) is 0. The zero-order valence-corrected chi connectivity index (χ0v) is 10.6. The molecule has 0 radical (unpaired) electrons. The van der Waals surface area contributed by atoms with Crippen LogP contribution in [0.4, 0.5) is 10.1 Å². The smallest absolute Gasteiger partial charge is 0.125 e. The van der Waals surface area contributed by atoms with E-state index < -0.39 is 0 Å². The van der Waals surface area contributed by atoms with Gasteiger partial charge in [-0.25, -0.2) is 4.39 Å². The van der Waals surface area contributed by atoms with Crippen LogP contribution < -0.4 is 10.6 Å². The van der Waals surface area contributed by atoms with Crippen LogP contribution in [0.2, 0.25) is 0 Å². The number of hydrogen-bond donors (Lipinski definition) is 1. The molecule has 0 spiro atoms. The van der Waals surface area contributed by atoms with E-state index in [2.05, 4.69) is 0 Å². The van der Waals surface area contributed by atoms with Gasteiger partial charge in [0.25, 0.3) is 0 Å². The molecule has 0 amide bonds. The third-order valence-corrected chi connectivity index (χ3v) is 2.66. The molecule has 0 fully saturated rings. The van der Waals surface area contributed by atoms with Crippen LogP contribution in [0.25, 0.3) is 0 Å². The number of anilines is 1. The van der Waals surface area contributed by atoms with Crippen molar-refractivity contribution in [3.05, 3.63) is 29.6 Å². The molecule has 0 saturated heterocycles. The lowest BCUT2D eigenvalue weighted by molar-refractivity contribution is 0.196. The summed E-state index contributed by atoms with van der Waals surface area (Å²) in [6.07, 6.45) is 1.63. The Morgan fingerprint density at radius 2 is 2.12 bits per heavy atom. The zero-order chi connectivity index (χ0) is 12.7. The Bertz CT molecular complexity index is 344. The number of halogens is 1. The second kappa shape index (κ2) is 7.25. The second-order valence-corrected chi connectivity index (χ2v) is 4.12. The normalized spacial score (nSPS) is 10.6. The van der Waals surface area contributed by atoms with Crippen LogP contribution in [0.15, 0.2) is 18.2 Å². The Morgan fingerprint density at radius 1 is 1.35 bits per heavy atom. The SMILES string of the molecule is COCCCN(C)c1cc(F)cc(CCN)c1. The predicted molar refractivity (Wildman–Crippen MR) is 68.9 cm³/mol. The van der Waals surface area contributed by atoms with E-state index in [1.54, 1.807) is 19.2 Å². The molecule has 3 nitrogen and oxygen atoms in total. The fraction of sp³-hybridized carbons (Fsp3) is 0.538. The van der Waals surface area contributed by atoms with Crippen LogP contribution in [-0.4, -0.2) is 33.9 Å². The van der Waals surface area contributed by atoms with Gasteiger partial charge in [0, 0.05) is 33.0 Å². The summed E-state index contributed by atoms with van der Waals surface area (Å²) in [7, 11) is 3.64. The zero-order valence-electron chi connectivity index (χ0n) is 10.6. The largest absolute Gasteiger partial charge is 0.385 e. The van der Waals surface area contributed by atoms with Gasteiger partial charge in [0.2, 0.25) is 0 Å². The fourth-order valence-electron chi connectivity index (χ4n) is 1.74. The van der Waals surface area contributed by atoms with Crippen LogP contribution in [0, 0.1) is 5.82 Å². The molecule has 4 heteroatoms. The number of methoxy groups -OCH3 is 1. The van der Waals surface area contributed by atoms with Gasteiger partial charge in [0.1, 0.15) is 5.82 Å². The van der Waals surface area contributed by atoms with E-state index in [0.717, 1.165) is 30.8 Å². The molecular weight excluding hydrogens is 219 g/mol. The maximum atomic E-state index is 13.4. The van der Waals surface area contributed by atoms with E-state index in [1.165, 1.54) is 0 Å². The number of benzene rings is 1. The minimum atomic E-state index is -0.204. The molecule has 0 aliphatic heterocycles. The van der Waals surface area contributed by atoms with E-state index in [9.17, 15) is 4.39 Å². The molecule has 96 valence electrons. The summed E-state index contributed by atoms with van der Waals surface area (Å²) >= 11 is 0. The lowest BCUT2D eigenvalue weighted by atomic mass is 10.1. The minimum absolute atomic E-state index is 0.204. The maximum absolute atomic E-state index is 13.4. The number of nitrogens with two attached hydrogens (primary N) is 1. The van der Waals surface area contributed by atoms with Crippen LogP contribution in [0.3, 0.4) is 0 Å². The molecule has 0 heterocycles. The first-order valence-electron chi connectivity index (χ1n) is 5.87. The van der Waals surface area contributed by atoms with Crippen molar-refractivity contribution < 1.29 is 9.13 Å². The van der Waals surface area contributed by atoms with Crippen molar-refractivity contribution in [3.63, 3.8) is 0 Å². The average molecular weight is 240 g/mol. The number of rotatable bonds is 7. The fourth-order valence-corrected chi connectivity index (χ4v) is 1.74. The van der Waals surface area contributed by atoms with Gasteiger partial charge >= 0.3 is 0 Å². The Kier molecular flexibility index (Phi) is 5.94. The topological polar surface area (TPSA) is 38.5 Å². The molecule has 0 unspecified atom stereocenters. The van der Waals surface area contributed by atoms with Crippen molar-refractivity contribution in [2.75, 3.05) is 38.8 Å². The van der Waals surface area contributed by atoms with Crippen LogP contribution in [-0.2, 0) is 11.2 Å². The molecule has 0 aliphatic carbocycles. The van der Waals surface area contributed by atoms with E-state index in [0.29, 0.717) is 13.0 Å². The summed E-state index contributed by atoms with van der Waals surface area (Å²) in [6.45, 7) is 2.10. The van der Waals surface area contributed by atoms with Crippen molar-refractivity contribution in [2.24, 2.45) is 5.73 Å². The van der Waals surface area contributed by atoms with Crippen molar-refractivity contribution >= 4 is 5.69 Å². The number of ether oxygens (including phenoxy) is 1. The van der Waals surface area contributed by atoms with E-state index in [1.807, 2.05) is 18.0 Å². The molecule has 0 bridgehead atoms. The predicted octanol–water partition coefficient (Wildman–Crippen LogP) is 1.80. The molecule has 2 N–H and O–H groups in total. The van der Waals surface area contributed by atoms with Crippen LogP contribution in [0.1, 0.15) is 12.0 Å². The summed E-state index contributed by atoms with van der Waals surface area (Å²) < 4.78 is 18.4. The lowest BCUT2D eigenvalue weighted by Gasteiger charge is -2.20. The summed E-state index contributed by atoms with van der Waals surface area (Å²) in [5.74, 6) is -0.204. The Hall–Kier alpha value is -1.13.